The van der Waals surface area contributed by atoms with Gasteiger partial charge in [0.05, 0.1) is 5.69 Å². The second-order valence-electron chi connectivity index (χ2n) is 7.29. The molecule has 4 rings (SSSR count). The van der Waals surface area contributed by atoms with Gasteiger partial charge in [0.1, 0.15) is 6.04 Å². The van der Waals surface area contributed by atoms with Crippen LogP contribution in [0.5, 0.6) is 0 Å². The van der Waals surface area contributed by atoms with Gasteiger partial charge in [-0.15, -0.1) is 0 Å². The Balaban J connectivity index is 1.70. The molecule has 1 aliphatic carbocycles. The predicted octanol–water partition coefficient (Wildman–Crippen LogP) is 3.38. The van der Waals surface area contributed by atoms with E-state index in [1.807, 2.05) is 37.3 Å². The molecule has 2 aromatic rings. The van der Waals surface area contributed by atoms with E-state index in [9.17, 15) is 14.7 Å². The molecule has 26 heavy (non-hydrogen) atoms. The molecule has 1 N–H and O–H groups in total. The standard InChI is InChI=1S/C21H22N2O3/c1-13-15(18-10-2-3-11-22-18)7-5-8-16(13)20(24)23-12-14-6-4-9-17(14)19(23)21(25)26/h2-3,5,7-8,10-11,14,17,19H,4,6,9,12H2,1H3,(H,25,26). The number of hydrogen-bond donors (Lipinski definition) is 1. The Kier molecular flexibility index (Phi) is 4.23. The van der Waals surface area contributed by atoms with Crippen LogP contribution >= 0.6 is 0 Å². The van der Waals surface area contributed by atoms with Crippen molar-refractivity contribution in [1.29, 1.82) is 0 Å². The van der Waals surface area contributed by atoms with Crippen molar-refractivity contribution in [1.82, 2.24) is 9.88 Å². The Morgan fingerprint density at radius 2 is 2.00 bits per heavy atom. The van der Waals surface area contributed by atoms with E-state index in [-0.39, 0.29) is 11.8 Å². The van der Waals surface area contributed by atoms with Crippen LogP contribution in [0.3, 0.4) is 0 Å². The van der Waals surface area contributed by atoms with Crippen LogP contribution in [0.2, 0.25) is 0 Å². The van der Waals surface area contributed by atoms with Gasteiger partial charge >= 0.3 is 5.97 Å². The number of fused-ring (bicyclic) bond motifs is 1. The van der Waals surface area contributed by atoms with Crippen LogP contribution in [-0.2, 0) is 4.79 Å². The second kappa shape index (κ2) is 6.56. The van der Waals surface area contributed by atoms with Crippen molar-refractivity contribution in [3.05, 3.63) is 53.7 Å². The largest absolute Gasteiger partial charge is 0.480 e. The van der Waals surface area contributed by atoms with Gasteiger partial charge in [0, 0.05) is 23.9 Å². The highest BCUT2D eigenvalue weighted by molar-refractivity contribution is 5.99. The minimum Gasteiger partial charge on any atom is -0.480 e. The Hall–Kier alpha value is -2.69. The molecule has 5 heteroatoms. The lowest BCUT2D eigenvalue weighted by Crippen LogP contribution is -2.43. The number of carbonyl (C=O) groups excluding carboxylic acids is 1. The van der Waals surface area contributed by atoms with Gasteiger partial charge in [-0.25, -0.2) is 4.79 Å². The van der Waals surface area contributed by atoms with E-state index in [0.717, 1.165) is 36.1 Å². The van der Waals surface area contributed by atoms with E-state index < -0.39 is 12.0 Å². The summed E-state index contributed by atoms with van der Waals surface area (Å²) in [5.74, 6) is -0.650. The van der Waals surface area contributed by atoms with Crippen LogP contribution in [0.4, 0.5) is 0 Å². The summed E-state index contributed by atoms with van der Waals surface area (Å²) in [6.45, 7) is 2.46. The number of benzene rings is 1. The first-order chi connectivity index (χ1) is 12.6. The molecule has 2 fully saturated rings. The summed E-state index contributed by atoms with van der Waals surface area (Å²) in [6.07, 6.45) is 4.71. The molecule has 2 aliphatic rings. The maximum atomic E-state index is 13.2. The van der Waals surface area contributed by atoms with Crippen molar-refractivity contribution in [3.8, 4) is 11.3 Å². The van der Waals surface area contributed by atoms with E-state index in [1.54, 1.807) is 17.2 Å². The summed E-state index contributed by atoms with van der Waals surface area (Å²) in [7, 11) is 0. The number of likely N-dealkylation sites (tertiary alicyclic amines) is 1. The maximum absolute atomic E-state index is 13.2. The number of carboxylic acids is 1. The topological polar surface area (TPSA) is 70.5 Å². The molecule has 1 saturated heterocycles. The molecule has 1 aromatic carbocycles. The zero-order valence-electron chi connectivity index (χ0n) is 14.8. The third kappa shape index (κ3) is 2.68. The van der Waals surface area contributed by atoms with Gasteiger partial charge in [-0.05, 0) is 55.4 Å². The third-order valence-electron chi connectivity index (χ3n) is 5.91. The van der Waals surface area contributed by atoms with Gasteiger partial charge < -0.3 is 10.0 Å². The minimum absolute atomic E-state index is 0.0933. The third-order valence-corrected chi connectivity index (χ3v) is 5.91. The Morgan fingerprint density at radius 1 is 1.15 bits per heavy atom. The summed E-state index contributed by atoms with van der Waals surface area (Å²) >= 11 is 0. The number of rotatable bonds is 3. The zero-order valence-corrected chi connectivity index (χ0v) is 14.8. The quantitative estimate of drug-likeness (QED) is 0.921. The van der Waals surface area contributed by atoms with E-state index in [4.69, 9.17) is 0 Å². The summed E-state index contributed by atoms with van der Waals surface area (Å²) in [4.78, 5) is 31.1. The van der Waals surface area contributed by atoms with Crippen LogP contribution in [-0.4, -0.2) is 39.5 Å². The lowest BCUT2D eigenvalue weighted by atomic mass is 9.94. The monoisotopic (exact) mass is 350 g/mol. The molecule has 1 aliphatic heterocycles. The summed E-state index contributed by atoms with van der Waals surface area (Å²) in [5.41, 5.74) is 3.13. The Bertz CT molecular complexity index is 850. The molecule has 2 heterocycles. The number of amides is 1. The van der Waals surface area contributed by atoms with Crippen molar-refractivity contribution in [2.24, 2.45) is 11.8 Å². The van der Waals surface area contributed by atoms with E-state index >= 15 is 0 Å². The highest BCUT2D eigenvalue weighted by Crippen LogP contribution is 2.43. The Labute approximate surface area is 152 Å². The van der Waals surface area contributed by atoms with Crippen LogP contribution in [0.1, 0.15) is 35.2 Å². The minimum atomic E-state index is -0.883. The number of carboxylic acid groups (broad SMARTS) is 1. The van der Waals surface area contributed by atoms with Crippen LogP contribution < -0.4 is 0 Å². The smallest absolute Gasteiger partial charge is 0.326 e. The number of pyridine rings is 1. The van der Waals surface area contributed by atoms with E-state index in [0.29, 0.717) is 18.0 Å². The fraction of sp³-hybridized carbons (Fsp3) is 0.381. The molecule has 3 unspecified atom stereocenters. The highest BCUT2D eigenvalue weighted by Gasteiger charge is 2.49. The van der Waals surface area contributed by atoms with Crippen molar-refractivity contribution in [2.45, 2.75) is 32.2 Å². The van der Waals surface area contributed by atoms with Gasteiger partial charge in [0.15, 0.2) is 0 Å². The van der Waals surface area contributed by atoms with E-state index in [2.05, 4.69) is 4.98 Å². The molecule has 0 bridgehead atoms. The lowest BCUT2D eigenvalue weighted by molar-refractivity contribution is -0.142. The molecule has 134 valence electrons. The molecule has 1 saturated carbocycles. The molecule has 1 amide bonds. The van der Waals surface area contributed by atoms with Crippen molar-refractivity contribution >= 4 is 11.9 Å². The number of aromatic nitrogens is 1. The number of hydrogen-bond acceptors (Lipinski definition) is 3. The first-order valence-corrected chi connectivity index (χ1v) is 9.12. The normalized spacial score (nSPS) is 24.5. The van der Waals surface area contributed by atoms with Crippen molar-refractivity contribution < 1.29 is 14.7 Å². The number of nitrogens with zero attached hydrogens (tertiary/aromatic N) is 2. The summed E-state index contributed by atoms with van der Waals surface area (Å²) in [5, 5.41) is 9.72. The zero-order chi connectivity index (χ0) is 18.3. The van der Waals surface area contributed by atoms with Gasteiger partial charge in [-0.3, -0.25) is 9.78 Å². The fourth-order valence-electron chi connectivity index (χ4n) is 4.65. The molecule has 3 atom stereocenters. The fourth-order valence-corrected chi connectivity index (χ4v) is 4.65. The molecule has 5 nitrogen and oxygen atoms in total. The first-order valence-electron chi connectivity index (χ1n) is 9.12. The first kappa shape index (κ1) is 16.8. The van der Waals surface area contributed by atoms with Crippen molar-refractivity contribution in [3.63, 3.8) is 0 Å². The highest BCUT2D eigenvalue weighted by atomic mass is 16.4. The van der Waals surface area contributed by atoms with E-state index in [1.165, 1.54) is 0 Å². The lowest BCUT2D eigenvalue weighted by Gasteiger charge is -2.25. The van der Waals surface area contributed by atoms with Crippen molar-refractivity contribution in [2.75, 3.05) is 6.54 Å². The summed E-state index contributed by atoms with van der Waals surface area (Å²) < 4.78 is 0. The SMILES string of the molecule is Cc1c(C(=O)N2CC3CCCC3C2C(=O)O)cccc1-c1ccccn1. The molecule has 0 spiro atoms. The number of aliphatic carboxylic acids is 1. The molecular formula is C21H22N2O3. The van der Waals surface area contributed by atoms with Crippen LogP contribution in [0.15, 0.2) is 42.6 Å². The second-order valence-corrected chi connectivity index (χ2v) is 7.29. The van der Waals surface area contributed by atoms with Gasteiger partial charge in [-0.1, -0.05) is 24.6 Å². The molecular weight excluding hydrogens is 328 g/mol. The predicted molar refractivity (Wildman–Crippen MR) is 97.7 cm³/mol. The van der Waals surface area contributed by atoms with Gasteiger partial charge in [0.2, 0.25) is 0 Å². The average molecular weight is 350 g/mol. The maximum Gasteiger partial charge on any atom is 0.326 e. The van der Waals surface area contributed by atoms with Gasteiger partial charge in [-0.2, -0.15) is 0 Å². The number of carbonyl (C=O) groups is 2. The summed E-state index contributed by atoms with van der Waals surface area (Å²) in [6, 6.07) is 10.6. The molecule has 1 aromatic heterocycles. The van der Waals surface area contributed by atoms with Crippen LogP contribution in [0, 0.1) is 18.8 Å². The molecule has 0 radical (unpaired) electrons. The van der Waals surface area contributed by atoms with Gasteiger partial charge in [0.25, 0.3) is 5.91 Å². The average Bonchev–Trinajstić information content (AvgIpc) is 3.22. The van der Waals surface area contributed by atoms with Crippen LogP contribution in [0.25, 0.3) is 11.3 Å². The Morgan fingerprint density at radius 3 is 2.73 bits per heavy atom.